The third-order valence-corrected chi connectivity index (χ3v) is 6.04. The van der Waals surface area contributed by atoms with Gasteiger partial charge in [0.2, 0.25) is 0 Å². The summed E-state index contributed by atoms with van der Waals surface area (Å²) in [4.78, 5) is 19.9. The summed E-state index contributed by atoms with van der Waals surface area (Å²) in [5, 5.41) is 15.1. The minimum Gasteiger partial charge on any atom is -0.388 e. The number of hydrogen-bond donors (Lipinski definition) is 4. The van der Waals surface area contributed by atoms with Crippen LogP contribution in [0.3, 0.4) is 0 Å². The molecule has 1 heterocycles. The van der Waals surface area contributed by atoms with Gasteiger partial charge in [-0.25, -0.2) is 4.98 Å². The van der Waals surface area contributed by atoms with E-state index in [0.717, 1.165) is 41.0 Å². The van der Waals surface area contributed by atoms with Crippen molar-refractivity contribution in [3.05, 3.63) is 95.3 Å². The van der Waals surface area contributed by atoms with Gasteiger partial charge in [0.05, 0.1) is 16.9 Å². The van der Waals surface area contributed by atoms with E-state index in [2.05, 4.69) is 4.57 Å². The molecule has 0 fully saturated rings. The van der Waals surface area contributed by atoms with E-state index in [1.54, 1.807) is 4.90 Å². The number of carbonyl (C=O) groups is 1. The van der Waals surface area contributed by atoms with Gasteiger partial charge in [0.15, 0.2) is 0 Å². The molecule has 3 aromatic carbocycles. The summed E-state index contributed by atoms with van der Waals surface area (Å²) < 4.78 is 2.05. The number of nitrogens with zero attached hydrogens (tertiary/aromatic N) is 3. The van der Waals surface area contributed by atoms with Crippen molar-refractivity contribution < 1.29 is 4.79 Å². The van der Waals surface area contributed by atoms with Crippen LogP contribution in [0.25, 0.3) is 11.0 Å². The molecule has 1 amide bonds. The Balaban J connectivity index is 0.00000241. The van der Waals surface area contributed by atoms with Gasteiger partial charge in [-0.05, 0) is 42.3 Å². The van der Waals surface area contributed by atoms with Crippen LogP contribution < -0.4 is 16.4 Å². The van der Waals surface area contributed by atoms with Crippen molar-refractivity contribution in [1.82, 2.24) is 9.55 Å². The molecular formula is C27H31Cl2N7O. The number of amidine groups is 2. The first-order valence-electron chi connectivity index (χ1n) is 11.4. The fourth-order valence-corrected chi connectivity index (χ4v) is 4.06. The molecule has 1 aromatic heterocycles. The van der Waals surface area contributed by atoms with Gasteiger partial charge in [-0.3, -0.25) is 15.6 Å². The standard InChI is InChI=1S/C27H29N7O.2ClH/c1-33-23-13-12-20(27(35)34(16-15-24(28)29)21-5-3-2-4-6-21)17-22(23)32-25(33)14-9-18-7-10-19(11-8-18)26(30)31;;/h2-8,10-13,17H,9,14-16H2,1H3,(H3,28,29)(H3,30,31);2*1H. The fourth-order valence-electron chi connectivity index (χ4n) is 4.06. The number of nitrogens with one attached hydrogen (secondary N) is 2. The number of aromatic nitrogens is 2. The van der Waals surface area contributed by atoms with Crippen molar-refractivity contribution in [2.75, 3.05) is 11.4 Å². The largest absolute Gasteiger partial charge is 0.388 e. The Morgan fingerprint density at radius 3 is 2.19 bits per heavy atom. The molecule has 0 atom stereocenters. The maximum atomic E-state index is 13.4. The molecular weight excluding hydrogens is 509 g/mol. The van der Waals surface area contributed by atoms with E-state index in [9.17, 15) is 4.79 Å². The highest BCUT2D eigenvalue weighted by Gasteiger charge is 2.19. The van der Waals surface area contributed by atoms with E-state index >= 15 is 0 Å². The van der Waals surface area contributed by atoms with Gasteiger partial charge >= 0.3 is 0 Å². The van der Waals surface area contributed by atoms with Crippen LogP contribution in [0.15, 0.2) is 72.8 Å². The lowest BCUT2D eigenvalue weighted by atomic mass is 10.1. The fraction of sp³-hybridized carbons (Fsp3) is 0.185. The van der Waals surface area contributed by atoms with Crippen LogP contribution >= 0.6 is 24.8 Å². The molecule has 6 N–H and O–H groups in total. The van der Waals surface area contributed by atoms with Gasteiger partial charge in [-0.15, -0.1) is 24.8 Å². The highest BCUT2D eigenvalue weighted by Crippen LogP contribution is 2.22. The number of anilines is 1. The number of fused-ring (bicyclic) bond motifs is 1. The van der Waals surface area contributed by atoms with E-state index in [1.165, 1.54) is 0 Å². The number of carbonyl (C=O) groups excluding carboxylic acids is 1. The van der Waals surface area contributed by atoms with Gasteiger partial charge in [-0.2, -0.15) is 0 Å². The SMILES string of the molecule is Cl.Cl.Cn1c(CCc2ccc(C(=N)N)cc2)nc2cc(C(=O)N(CCC(=N)N)c3ccccc3)ccc21. The molecule has 0 aliphatic carbocycles. The number of nitrogen functional groups attached to an aromatic ring is 1. The highest BCUT2D eigenvalue weighted by molar-refractivity contribution is 6.08. The second-order valence-electron chi connectivity index (χ2n) is 8.47. The Kier molecular flexibility index (Phi) is 10.2. The number of halogens is 2. The van der Waals surface area contributed by atoms with Crippen molar-refractivity contribution in [2.45, 2.75) is 19.3 Å². The Labute approximate surface area is 228 Å². The van der Waals surface area contributed by atoms with Crippen molar-refractivity contribution in [2.24, 2.45) is 18.5 Å². The summed E-state index contributed by atoms with van der Waals surface area (Å²) >= 11 is 0. The average Bonchev–Trinajstić information content (AvgIpc) is 3.18. The van der Waals surface area contributed by atoms with Gasteiger partial charge in [0.1, 0.15) is 11.7 Å². The van der Waals surface area contributed by atoms with Crippen molar-refractivity contribution in [3.63, 3.8) is 0 Å². The third kappa shape index (κ3) is 6.87. The zero-order valence-electron chi connectivity index (χ0n) is 20.5. The van der Waals surface area contributed by atoms with Crippen LogP contribution in [-0.4, -0.2) is 33.7 Å². The Morgan fingerprint density at radius 1 is 0.919 bits per heavy atom. The second-order valence-corrected chi connectivity index (χ2v) is 8.47. The van der Waals surface area contributed by atoms with Crippen LogP contribution in [-0.2, 0) is 19.9 Å². The molecule has 194 valence electrons. The summed E-state index contributed by atoms with van der Waals surface area (Å²) in [5.41, 5.74) is 16.0. The first kappa shape index (κ1) is 29.4. The van der Waals surface area contributed by atoms with E-state index in [4.69, 9.17) is 27.3 Å². The predicted octanol–water partition coefficient (Wildman–Crippen LogP) is 4.46. The van der Waals surface area contributed by atoms with Crippen molar-refractivity contribution in [1.29, 1.82) is 10.8 Å². The van der Waals surface area contributed by atoms with Crippen LogP contribution in [0.5, 0.6) is 0 Å². The van der Waals surface area contributed by atoms with E-state index in [1.807, 2.05) is 79.8 Å². The quantitative estimate of drug-likeness (QED) is 0.184. The highest BCUT2D eigenvalue weighted by atomic mass is 35.5. The van der Waals surface area contributed by atoms with Gasteiger partial charge < -0.3 is 20.9 Å². The third-order valence-electron chi connectivity index (χ3n) is 6.04. The number of hydrogen-bond acceptors (Lipinski definition) is 4. The molecule has 10 heteroatoms. The van der Waals surface area contributed by atoms with Gasteiger partial charge in [0.25, 0.3) is 5.91 Å². The van der Waals surface area contributed by atoms with Crippen LogP contribution in [0, 0.1) is 10.8 Å². The molecule has 0 saturated carbocycles. The summed E-state index contributed by atoms with van der Waals surface area (Å²) in [7, 11) is 1.98. The minimum absolute atomic E-state index is 0. The molecule has 4 aromatic rings. The molecule has 0 bridgehead atoms. The topological polar surface area (TPSA) is 138 Å². The lowest BCUT2D eigenvalue weighted by Gasteiger charge is -2.22. The van der Waals surface area contributed by atoms with E-state index in [0.29, 0.717) is 24.1 Å². The molecule has 0 aliphatic heterocycles. The molecule has 0 spiro atoms. The number of nitrogens with two attached hydrogens (primary N) is 2. The molecule has 0 radical (unpaired) electrons. The second kappa shape index (κ2) is 12.9. The van der Waals surface area contributed by atoms with Crippen molar-refractivity contribution in [3.8, 4) is 0 Å². The number of para-hydroxylation sites is 1. The van der Waals surface area contributed by atoms with Crippen molar-refractivity contribution >= 4 is 59.1 Å². The smallest absolute Gasteiger partial charge is 0.258 e. The molecule has 0 saturated heterocycles. The number of imidazole rings is 1. The van der Waals surface area contributed by atoms with Crippen LogP contribution in [0.2, 0.25) is 0 Å². The Bertz CT molecular complexity index is 1390. The van der Waals surface area contributed by atoms with Gasteiger partial charge in [0, 0.05) is 43.2 Å². The molecule has 8 nitrogen and oxygen atoms in total. The lowest BCUT2D eigenvalue weighted by Crippen LogP contribution is -2.34. The maximum absolute atomic E-state index is 13.4. The van der Waals surface area contributed by atoms with E-state index in [-0.39, 0.29) is 42.4 Å². The number of benzene rings is 3. The Hall–Kier alpha value is -3.88. The Morgan fingerprint density at radius 2 is 1.57 bits per heavy atom. The molecule has 37 heavy (non-hydrogen) atoms. The van der Waals surface area contributed by atoms with Gasteiger partial charge in [-0.1, -0.05) is 42.5 Å². The number of aryl methyl sites for hydroxylation is 3. The monoisotopic (exact) mass is 539 g/mol. The van der Waals surface area contributed by atoms with Crippen LogP contribution in [0.1, 0.15) is 33.7 Å². The average molecular weight is 540 g/mol. The summed E-state index contributed by atoms with van der Waals surface area (Å²) in [5.74, 6) is 0.873. The molecule has 4 rings (SSSR count). The normalized spacial score (nSPS) is 10.3. The first-order valence-corrected chi connectivity index (χ1v) is 11.4. The summed E-state index contributed by atoms with van der Waals surface area (Å²) in [6.45, 7) is 0.325. The maximum Gasteiger partial charge on any atom is 0.258 e. The minimum atomic E-state index is -0.155. The number of rotatable bonds is 9. The van der Waals surface area contributed by atoms with E-state index < -0.39 is 0 Å². The predicted molar refractivity (Wildman–Crippen MR) is 155 cm³/mol. The lowest BCUT2D eigenvalue weighted by molar-refractivity contribution is 0.0987. The summed E-state index contributed by atoms with van der Waals surface area (Å²) in [6, 6.07) is 22.7. The zero-order valence-corrected chi connectivity index (χ0v) is 22.1. The molecule has 0 unspecified atom stereocenters. The summed E-state index contributed by atoms with van der Waals surface area (Å²) in [6.07, 6.45) is 1.83. The zero-order chi connectivity index (χ0) is 24.9. The van der Waals surface area contributed by atoms with Crippen LogP contribution in [0.4, 0.5) is 5.69 Å². The number of amides is 1. The molecule has 0 aliphatic rings. The first-order chi connectivity index (χ1) is 16.8.